The molecule has 0 saturated carbocycles. The van der Waals surface area contributed by atoms with Gasteiger partial charge in [-0.05, 0) is 42.3 Å². The van der Waals surface area contributed by atoms with E-state index in [0.29, 0.717) is 24.5 Å². The van der Waals surface area contributed by atoms with Crippen molar-refractivity contribution >= 4 is 34.8 Å². The van der Waals surface area contributed by atoms with Crippen LogP contribution in [0.4, 0.5) is 0 Å². The highest BCUT2D eigenvalue weighted by Gasteiger charge is 2.50. The summed E-state index contributed by atoms with van der Waals surface area (Å²) in [5.74, 6) is 0.00298. The Morgan fingerprint density at radius 3 is 2.38 bits per heavy atom. The molecule has 7 heteroatoms. The number of nitrogens with two attached hydrogens (primary N) is 1. The second-order valence-electron chi connectivity index (χ2n) is 7.99. The van der Waals surface area contributed by atoms with E-state index < -0.39 is 17.1 Å². The summed E-state index contributed by atoms with van der Waals surface area (Å²) in [4.78, 5) is 14.8. The fourth-order valence-corrected chi connectivity index (χ4v) is 3.89. The molecule has 1 aliphatic heterocycles. The monoisotopic (exact) mass is 397 g/mol. The Labute approximate surface area is 165 Å². The van der Waals surface area contributed by atoms with Crippen molar-refractivity contribution in [3.8, 4) is 0 Å². The van der Waals surface area contributed by atoms with Crippen molar-refractivity contribution < 1.29 is 9.90 Å². The van der Waals surface area contributed by atoms with Crippen LogP contribution in [-0.4, -0.2) is 40.2 Å². The van der Waals surface area contributed by atoms with Gasteiger partial charge in [-0.15, -0.1) is 0 Å². The van der Waals surface area contributed by atoms with Gasteiger partial charge in [0.15, 0.2) is 5.11 Å². The molecular weight excluding hydrogens is 370 g/mol. The van der Waals surface area contributed by atoms with E-state index in [9.17, 15) is 9.90 Å². The average molecular weight is 398 g/mol. The lowest BCUT2D eigenvalue weighted by atomic mass is 9.66. The zero-order chi connectivity index (χ0) is 19.7. The summed E-state index contributed by atoms with van der Waals surface area (Å²) in [6.45, 7) is 8.76. The minimum Gasteiger partial charge on any atom is -0.384 e. The predicted octanol–water partition coefficient (Wildman–Crippen LogP) is 2.64. The van der Waals surface area contributed by atoms with E-state index in [0.717, 1.165) is 5.56 Å². The molecule has 0 bridgehead atoms. The second kappa shape index (κ2) is 7.71. The Hall–Kier alpha value is -1.37. The number of amides is 1. The van der Waals surface area contributed by atoms with Crippen LogP contribution in [0.25, 0.3) is 0 Å². The molecule has 1 amide bonds. The van der Waals surface area contributed by atoms with Gasteiger partial charge in [0, 0.05) is 23.5 Å². The maximum Gasteiger partial charge on any atom is 0.245 e. The number of likely N-dealkylation sites (tertiary alicyclic amines) is 1. The molecule has 5 nitrogen and oxygen atoms in total. The number of thiocarbonyl (C=S) groups is 1. The first-order chi connectivity index (χ1) is 12.0. The zero-order valence-electron chi connectivity index (χ0n) is 15.8. The van der Waals surface area contributed by atoms with Crippen LogP contribution in [0, 0.1) is 11.3 Å². The molecule has 1 saturated heterocycles. The molecule has 2 rings (SSSR count). The van der Waals surface area contributed by atoms with Crippen LogP contribution < -0.4 is 11.1 Å². The molecule has 1 aromatic carbocycles. The molecular formula is C19H28ClN3O2S. The first-order valence-electron chi connectivity index (χ1n) is 8.81. The Balaban J connectivity index is 2.23. The molecule has 26 heavy (non-hydrogen) atoms. The summed E-state index contributed by atoms with van der Waals surface area (Å²) in [6.07, 6.45) is 0.450. The van der Waals surface area contributed by atoms with Crippen LogP contribution in [0.15, 0.2) is 24.3 Å². The standard InChI is InChI=1S/C19H28ClN3O2S/c1-12(2)15(22-17(21)26)16(24)23-10-9-19(25,18(3,4)11-23)13-5-7-14(20)8-6-13/h5-8,12,15,25H,9-11H2,1-4H3,(H3,21,22,26)/t15-,19+/m1/s1. The van der Waals surface area contributed by atoms with Gasteiger partial charge < -0.3 is 21.1 Å². The van der Waals surface area contributed by atoms with Crippen molar-refractivity contribution in [1.29, 1.82) is 0 Å². The van der Waals surface area contributed by atoms with Crippen LogP contribution in [0.2, 0.25) is 5.02 Å². The predicted molar refractivity (Wildman–Crippen MR) is 109 cm³/mol. The van der Waals surface area contributed by atoms with Gasteiger partial charge in [-0.2, -0.15) is 0 Å². The summed E-state index contributed by atoms with van der Waals surface area (Å²) >= 11 is 10.9. The van der Waals surface area contributed by atoms with E-state index >= 15 is 0 Å². The molecule has 1 heterocycles. The number of piperidine rings is 1. The highest BCUT2D eigenvalue weighted by molar-refractivity contribution is 7.80. The molecule has 0 aromatic heterocycles. The van der Waals surface area contributed by atoms with Crippen LogP contribution in [0.1, 0.15) is 39.7 Å². The number of benzene rings is 1. The lowest BCUT2D eigenvalue weighted by molar-refractivity contribution is -0.155. The van der Waals surface area contributed by atoms with E-state index in [1.54, 1.807) is 17.0 Å². The summed E-state index contributed by atoms with van der Waals surface area (Å²) < 4.78 is 0. The van der Waals surface area contributed by atoms with Crippen molar-refractivity contribution in [1.82, 2.24) is 10.2 Å². The normalized spacial score (nSPS) is 23.6. The third-order valence-electron chi connectivity index (χ3n) is 5.31. The number of hydrogen-bond donors (Lipinski definition) is 3. The first kappa shape index (κ1) is 20.9. The van der Waals surface area contributed by atoms with Crippen LogP contribution in [-0.2, 0) is 10.4 Å². The van der Waals surface area contributed by atoms with Gasteiger partial charge in [0.1, 0.15) is 6.04 Å². The van der Waals surface area contributed by atoms with Crippen molar-refractivity contribution in [2.24, 2.45) is 17.1 Å². The Kier molecular flexibility index (Phi) is 6.20. The fourth-order valence-electron chi connectivity index (χ4n) is 3.63. The highest BCUT2D eigenvalue weighted by atomic mass is 35.5. The maximum atomic E-state index is 13.0. The zero-order valence-corrected chi connectivity index (χ0v) is 17.3. The van der Waals surface area contributed by atoms with Crippen LogP contribution in [0.5, 0.6) is 0 Å². The third kappa shape index (κ3) is 4.13. The largest absolute Gasteiger partial charge is 0.384 e. The molecule has 144 valence electrons. The van der Waals surface area contributed by atoms with Gasteiger partial charge in [0.2, 0.25) is 5.91 Å². The smallest absolute Gasteiger partial charge is 0.245 e. The molecule has 0 radical (unpaired) electrons. The molecule has 0 spiro atoms. The quantitative estimate of drug-likeness (QED) is 0.681. The SMILES string of the molecule is CC(C)[C@@H](NC(N)=S)C(=O)N1CC[C@](O)(c2ccc(Cl)cc2)C(C)(C)C1. The second-order valence-corrected chi connectivity index (χ2v) is 8.87. The average Bonchev–Trinajstić information content (AvgIpc) is 2.54. The van der Waals surface area contributed by atoms with Gasteiger partial charge in [0.05, 0.1) is 5.60 Å². The van der Waals surface area contributed by atoms with E-state index in [1.165, 1.54) is 0 Å². The van der Waals surface area contributed by atoms with E-state index in [4.69, 9.17) is 29.6 Å². The van der Waals surface area contributed by atoms with Crippen LogP contribution >= 0.6 is 23.8 Å². The van der Waals surface area contributed by atoms with Gasteiger partial charge >= 0.3 is 0 Å². The number of rotatable bonds is 4. The highest BCUT2D eigenvalue weighted by Crippen LogP contribution is 2.46. The van der Waals surface area contributed by atoms with Gasteiger partial charge in [-0.1, -0.05) is 51.4 Å². The molecule has 2 atom stereocenters. The molecule has 1 fully saturated rings. The van der Waals surface area contributed by atoms with Crippen molar-refractivity contribution in [3.05, 3.63) is 34.9 Å². The minimum atomic E-state index is -1.03. The van der Waals surface area contributed by atoms with E-state index in [2.05, 4.69) is 5.32 Å². The minimum absolute atomic E-state index is 0.0426. The lowest BCUT2D eigenvalue weighted by Crippen LogP contribution is -2.60. The Morgan fingerprint density at radius 1 is 1.35 bits per heavy atom. The molecule has 0 unspecified atom stereocenters. The third-order valence-corrected chi connectivity index (χ3v) is 5.68. The fraction of sp³-hybridized carbons (Fsp3) is 0.579. The summed E-state index contributed by atoms with van der Waals surface area (Å²) in [5.41, 5.74) is 4.84. The number of carbonyl (C=O) groups is 1. The summed E-state index contributed by atoms with van der Waals surface area (Å²) in [5, 5.41) is 15.1. The Morgan fingerprint density at radius 2 is 1.92 bits per heavy atom. The van der Waals surface area contributed by atoms with E-state index in [-0.39, 0.29) is 16.9 Å². The molecule has 4 N–H and O–H groups in total. The number of aliphatic hydroxyl groups is 1. The summed E-state index contributed by atoms with van der Waals surface area (Å²) in [6, 6.07) is 6.80. The first-order valence-corrected chi connectivity index (χ1v) is 9.60. The number of carbonyl (C=O) groups excluding carboxylic acids is 1. The topological polar surface area (TPSA) is 78.6 Å². The number of halogens is 1. The van der Waals surface area contributed by atoms with Crippen molar-refractivity contribution in [2.45, 2.75) is 45.8 Å². The number of nitrogens with one attached hydrogen (secondary N) is 1. The van der Waals surface area contributed by atoms with E-state index in [1.807, 2.05) is 39.8 Å². The lowest BCUT2D eigenvalue weighted by Gasteiger charge is -2.51. The van der Waals surface area contributed by atoms with Gasteiger partial charge in [-0.3, -0.25) is 4.79 Å². The summed E-state index contributed by atoms with van der Waals surface area (Å²) in [7, 11) is 0. The van der Waals surface area contributed by atoms with Crippen molar-refractivity contribution in [3.63, 3.8) is 0 Å². The number of nitrogens with zero attached hydrogens (tertiary/aromatic N) is 1. The number of hydrogen-bond acceptors (Lipinski definition) is 3. The maximum absolute atomic E-state index is 13.0. The molecule has 1 aliphatic rings. The Bertz CT molecular complexity index is 678. The molecule has 1 aromatic rings. The van der Waals surface area contributed by atoms with Gasteiger partial charge in [-0.25, -0.2) is 0 Å². The van der Waals surface area contributed by atoms with Crippen LogP contribution in [0.3, 0.4) is 0 Å². The van der Waals surface area contributed by atoms with Gasteiger partial charge in [0.25, 0.3) is 0 Å². The molecule has 0 aliphatic carbocycles. The van der Waals surface area contributed by atoms with Crippen molar-refractivity contribution in [2.75, 3.05) is 13.1 Å².